The summed E-state index contributed by atoms with van der Waals surface area (Å²) in [5.41, 5.74) is 4.19. The number of fused-ring (bicyclic) bond motifs is 1. The summed E-state index contributed by atoms with van der Waals surface area (Å²) in [5.74, 6) is 1.95. The zero-order chi connectivity index (χ0) is 29.3. The minimum atomic E-state index is -3.53. The fourth-order valence-corrected chi connectivity index (χ4v) is 6.52. The third-order valence-electron chi connectivity index (χ3n) is 7.42. The lowest BCUT2D eigenvalue weighted by molar-refractivity contribution is 0.239. The highest BCUT2D eigenvalue weighted by Crippen LogP contribution is 2.38. The number of nitrogens with one attached hydrogen (secondary N) is 3. The van der Waals surface area contributed by atoms with Gasteiger partial charge in [-0.05, 0) is 102 Å². The van der Waals surface area contributed by atoms with Crippen LogP contribution in [0.3, 0.4) is 0 Å². The summed E-state index contributed by atoms with van der Waals surface area (Å²) < 4.78 is 32.4. The molecule has 3 heterocycles. The predicted molar refractivity (Wildman–Crippen MR) is 163 cm³/mol. The number of likely N-dealkylation sites (tertiary alicyclic amines) is 1. The van der Waals surface area contributed by atoms with Crippen molar-refractivity contribution in [3.05, 3.63) is 53.7 Å². The monoisotopic (exact) mass is 577 g/mol. The summed E-state index contributed by atoms with van der Waals surface area (Å²) in [6, 6.07) is 11.1. The molecule has 1 saturated heterocycles. The molecule has 41 heavy (non-hydrogen) atoms. The predicted octanol–water partition coefficient (Wildman–Crippen LogP) is 5.93. The Balaban J connectivity index is 1.53. The van der Waals surface area contributed by atoms with E-state index in [0.29, 0.717) is 34.4 Å². The molecule has 0 spiro atoms. The number of aromatic amines is 1. The summed E-state index contributed by atoms with van der Waals surface area (Å²) >= 11 is 0. The van der Waals surface area contributed by atoms with Gasteiger partial charge in [0, 0.05) is 6.54 Å². The molecule has 0 amide bonds. The average Bonchev–Trinajstić information content (AvgIpc) is 3.39. The number of ether oxygens (including phenoxy) is 1. The van der Waals surface area contributed by atoms with E-state index in [0.717, 1.165) is 30.9 Å². The van der Waals surface area contributed by atoms with Crippen LogP contribution in [0.2, 0.25) is 0 Å². The number of benzene rings is 2. The maximum Gasteiger partial charge on any atom is 0.231 e. The quantitative estimate of drug-likeness (QED) is 0.222. The zero-order valence-corrected chi connectivity index (χ0v) is 25.3. The molecule has 218 valence electrons. The Kier molecular flexibility index (Phi) is 8.19. The summed E-state index contributed by atoms with van der Waals surface area (Å²) in [4.78, 5) is 12.0. The number of H-pyrrole nitrogens is 1. The van der Waals surface area contributed by atoms with Gasteiger partial charge < -0.3 is 20.3 Å². The van der Waals surface area contributed by atoms with Gasteiger partial charge in [-0.25, -0.2) is 8.42 Å². The van der Waals surface area contributed by atoms with E-state index in [1.807, 2.05) is 13.8 Å². The Morgan fingerprint density at radius 3 is 2.59 bits per heavy atom. The van der Waals surface area contributed by atoms with Crippen molar-refractivity contribution in [2.45, 2.75) is 69.6 Å². The van der Waals surface area contributed by atoms with Crippen LogP contribution in [0.25, 0.3) is 11.0 Å². The van der Waals surface area contributed by atoms with Gasteiger partial charge in [-0.2, -0.15) is 15.1 Å². The number of aromatic nitrogens is 4. The van der Waals surface area contributed by atoms with Gasteiger partial charge in [-0.3, -0.25) is 5.10 Å². The molecule has 0 bridgehead atoms. The largest absolute Gasteiger partial charge is 0.489 e. The van der Waals surface area contributed by atoms with Crippen LogP contribution >= 0.6 is 0 Å². The zero-order valence-electron chi connectivity index (χ0n) is 24.5. The number of rotatable bonds is 9. The van der Waals surface area contributed by atoms with Gasteiger partial charge in [0.2, 0.25) is 5.95 Å². The van der Waals surface area contributed by atoms with E-state index >= 15 is 0 Å². The van der Waals surface area contributed by atoms with Crippen LogP contribution in [-0.2, 0) is 9.84 Å². The van der Waals surface area contributed by atoms with Crippen LogP contribution in [-0.4, -0.2) is 65.0 Å². The Labute approximate surface area is 241 Å². The van der Waals surface area contributed by atoms with Crippen molar-refractivity contribution in [2.75, 3.05) is 30.8 Å². The first kappa shape index (κ1) is 28.8. The highest BCUT2D eigenvalue weighted by atomic mass is 32.2. The molecule has 11 heteroatoms. The van der Waals surface area contributed by atoms with Gasteiger partial charge >= 0.3 is 0 Å². The molecule has 5 rings (SSSR count). The number of piperidine rings is 1. The molecule has 1 aliphatic rings. The molecule has 1 aliphatic heterocycles. The molecule has 0 saturated carbocycles. The van der Waals surface area contributed by atoms with E-state index < -0.39 is 15.1 Å². The van der Waals surface area contributed by atoms with Crippen LogP contribution in [0.4, 0.5) is 23.1 Å². The van der Waals surface area contributed by atoms with Gasteiger partial charge in [0.05, 0.1) is 39.2 Å². The smallest absolute Gasteiger partial charge is 0.231 e. The normalized spacial score (nSPS) is 16.4. The summed E-state index contributed by atoms with van der Waals surface area (Å²) in [6.07, 6.45) is 3.93. The Hall–Kier alpha value is -3.70. The van der Waals surface area contributed by atoms with Gasteiger partial charge in [0.25, 0.3) is 0 Å². The van der Waals surface area contributed by atoms with Gasteiger partial charge in [-0.1, -0.05) is 12.1 Å². The van der Waals surface area contributed by atoms with Crippen LogP contribution in [0.15, 0.2) is 47.5 Å². The molecule has 3 N–H and O–H groups in total. The van der Waals surface area contributed by atoms with Crippen molar-refractivity contribution in [1.29, 1.82) is 0 Å². The summed E-state index contributed by atoms with van der Waals surface area (Å²) in [7, 11) is -1.35. The molecule has 0 aliphatic carbocycles. The van der Waals surface area contributed by atoms with Crippen LogP contribution in [0, 0.1) is 6.92 Å². The lowest BCUT2D eigenvalue weighted by Gasteiger charge is -2.31. The first-order valence-electron chi connectivity index (χ1n) is 14.1. The number of sulfone groups is 1. The SMILES string of the molecule is Cc1cc(Nc2nc(Nc3ccccc3S(=O)(=O)C(C)C)c3cn[nH]c3n2)c(OC(C)C)cc1C1CCCN(C)C1. The third kappa shape index (κ3) is 6.15. The van der Waals surface area contributed by atoms with Gasteiger partial charge in [-0.15, -0.1) is 0 Å². The van der Waals surface area contributed by atoms with Crippen molar-refractivity contribution < 1.29 is 13.2 Å². The maximum absolute atomic E-state index is 13.1. The molecule has 2 aromatic carbocycles. The van der Waals surface area contributed by atoms with Gasteiger partial charge in [0.1, 0.15) is 11.6 Å². The van der Waals surface area contributed by atoms with Crippen molar-refractivity contribution in [3.8, 4) is 5.75 Å². The maximum atomic E-state index is 13.1. The van der Waals surface area contributed by atoms with Crippen molar-refractivity contribution >= 4 is 44.0 Å². The molecule has 2 aromatic heterocycles. The van der Waals surface area contributed by atoms with Crippen molar-refractivity contribution in [3.63, 3.8) is 0 Å². The van der Waals surface area contributed by atoms with E-state index in [4.69, 9.17) is 9.72 Å². The second-order valence-corrected chi connectivity index (χ2v) is 13.8. The molecular formula is C30H39N7O3S. The van der Waals surface area contributed by atoms with Crippen LogP contribution < -0.4 is 15.4 Å². The second-order valence-electron chi connectivity index (χ2n) is 11.3. The highest BCUT2D eigenvalue weighted by Gasteiger charge is 2.25. The molecular weight excluding hydrogens is 538 g/mol. The Morgan fingerprint density at radius 2 is 1.85 bits per heavy atom. The number of likely N-dealkylation sites (N-methyl/N-ethyl adjacent to an activating group) is 1. The van der Waals surface area contributed by atoms with Crippen LogP contribution in [0.5, 0.6) is 5.75 Å². The summed E-state index contributed by atoms with van der Waals surface area (Å²) in [6.45, 7) is 11.6. The molecule has 0 radical (unpaired) electrons. The first-order chi connectivity index (χ1) is 19.5. The fourth-order valence-electron chi connectivity index (χ4n) is 5.32. The number of nitrogens with zero attached hydrogens (tertiary/aromatic N) is 4. The molecule has 1 unspecified atom stereocenters. The van der Waals surface area contributed by atoms with E-state index in [2.05, 4.69) is 56.8 Å². The van der Waals surface area contributed by atoms with Gasteiger partial charge in [0.15, 0.2) is 15.5 Å². The molecule has 10 nitrogen and oxygen atoms in total. The molecule has 1 atom stereocenters. The number of anilines is 4. The number of para-hydroxylation sites is 1. The standard InChI is InChI=1S/C30H39N7O3S/c1-18(2)40-26-15-22(21-10-9-13-37(6)17-21)20(5)14-25(26)33-30-34-28(23-16-31-36-29(23)35-30)32-24-11-7-8-12-27(24)41(38,39)19(3)4/h7-8,11-12,14-16,18-19,21H,9-10,13,17H2,1-6H3,(H3,31,32,33,34,35,36). The summed E-state index contributed by atoms with van der Waals surface area (Å²) in [5, 5.41) is 13.7. The molecule has 4 aromatic rings. The average molecular weight is 578 g/mol. The Morgan fingerprint density at radius 1 is 1.07 bits per heavy atom. The number of hydrogen-bond donors (Lipinski definition) is 3. The minimum Gasteiger partial charge on any atom is -0.489 e. The van der Waals surface area contributed by atoms with E-state index in [1.54, 1.807) is 44.3 Å². The first-order valence-corrected chi connectivity index (χ1v) is 15.7. The van der Waals surface area contributed by atoms with E-state index in [-0.39, 0.29) is 11.0 Å². The highest BCUT2D eigenvalue weighted by molar-refractivity contribution is 7.92. The number of hydrogen-bond acceptors (Lipinski definition) is 9. The minimum absolute atomic E-state index is 0.0206. The lowest BCUT2D eigenvalue weighted by atomic mass is 9.87. The molecule has 1 fully saturated rings. The Bertz CT molecular complexity index is 1650. The van der Waals surface area contributed by atoms with Crippen molar-refractivity contribution in [1.82, 2.24) is 25.1 Å². The van der Waals surface area contributed by atoms with E-state index in [9.17, 15) is 8.42 Å². The van der Waals surface area contributed by atoms with E-state index in [1.165, 1.54) is 17.5 Å². The fraction of sp³-hybridized carbons (Fsp3) is 0.433. The topological polar surface area (TPSA) is 125 Å². The van der Waals surface area contributed by atoms with Crippen LogP contribution in [0.1, 0.15) is 57.6 Å². The number of aryl methyl sites for hydroxylation is 1. The lowest BCUT2D eigenvalue weighted by Crippen LogP contribution is -2.31. The second kappa shape index (κ2) is 11.7. The third-order valence-corrected chi connectivity index (χ3v) is 9.63. The van der Waals surface area contributed by atoms with Crippen molar-refractivity contribution in [2.24, 2.45) is 0 Å².